The quantitative estimate of drug-likeness (QED) is 0.689. The number of rotatable bonds is 6. The maximum Gasteiger partial charge on any atom is 0.321 e. The molecule has 8 heteroatoms. The molecular weight excluding hydrogens is 264 g/mol. The highest BCUT2D eigenvalue weighted by Crippen LogP contribution is 2.06. The number of hydrogen-bond donors (Lipinski definition) is 3. The smallest absolute Gasteiger partial charge is 0.321 e. The van der Waals surface area contributed by atoms with Gasteiger partial charge in [-0.3, -0.25) is 14.9 Å². The van der Waals surface area contributed by atoms with Crippen molar-refractivity contribution >= 4 is 17.9 Å². The van der Waals surface area contributed by atoms with Gasteiger partial charge >= 0.3 is 12.0 Å². The van der Waals surface area contributed by atoms with Crippen LogP contribution < -0.4 is 10.6 Å². The van der Waals surface area contributed by atoms with E-state index in [9.17, 15) is 14.4 Å². The van der Waals surface area contributed by atoms with Crippen LogP contribution in [-0.2, 0) is 16.1 Å². The molecule has 1 rings (SSSR count). The number of aromatic nitrogens is 2. The standard InChI is InChI=1S/C12H16N4O4/c1-8(6-11(18)19)5-10(17)15-12(20)13-7-9-3-2-4-14-16-9/h2-4,8H,5-7H2,1H3,(H,18,19)(H2,13,15,17,20). The van der Waals surface area contributed by atoms with Crippen molar-refractivity contribution in [3.05, 3.63) is 24.0 Å². The van der Waals surface area contributed by atoms with Crippen LogP contribution in [0.25, 0.3) is 0 Å². The minimum absolute atomic E-state index is 0.0230. The summed E-state index contributed by atoms with van der Waals surface area (Å²) < 4.78 is 0. The summed E-state index contributed by atoms with van der Waals surface area (Å²) in [7, 11) is 0. The first-order chi connectivity index (χ1) is 9.47. The van der Waals surface area contributed by atoms with Gasteiger partial charge in [0, 0.05) is 19.0 Å². The molecule has 0 aliphatic heterocycles. The Balaban J connectivity index is 2.28. The summed E-state index contributed by atoms with van der Waals surface area (Å²) in [5.74, 6) is -1.83. The van der Waals surface area contributed by atoms with E-state index >= 15 is 0 Å². The second-order valence-electron chi connectivity index (χ2n) is 4.35. The molecule has 1 heterocycles. The molecule has 0 radical (unpaired) electrons. The Hall–Kier alpha value is -2.51. The summed E-state index contributed by atoms with van der Waals surface area (Å²) in [6.07, 6.45) is 1.37. The van der Waals surface area contributed by atoms with Crippen molar-refractivity contribution in [2.24, 2.45) is 5.92 Å². The minimum Gasteiger partial charge on any atom is -0.481 e. The zero-order valence-electron chi connectivity index (χ0n) is 11.0. The van der Waals surface area contributed by atoms with Gasteiger partial charge in [0.25, 0.3) is 0 Å². The fraction of sp³-hybridized carbons (Fsp3) is 0.417. The molecule has 20 heavy (non-hydrogen) atoms. The molecule has 1 unspecified atom stereocenters. The van der Waals surface area contributed by atoms with Gasteiger partial charge in [0.15, 0.2) is 0 Å². The highest BCUT2D eigenvalue weighted by Gasteiger charge is 2.14. The van der Waals surface area contributed by atoms with E-state index < -0.39 is 17.9 Å². The van der Waals surface area contributed by atoms with Gasteiger partial charge in [-0.15, -0.1) is 0 Å². The number of urea groups is 1. The second-order valence-corrected chi connectivity index (χ2v) is 4.35. The molecule has 0 fully saturated rings. The number of carbonyl (C=O) groups excluding carboxylic acids is 2. The number of carboxylic acids is 1. The van der Waals surface area contributed by atoms with Gasteiger partial charge in [0.05, 0.1) is 12.2 Å². The Kier molecular flexibility index (Phi) is 6.08. The molecule has 3 N–H and O–H groups in total. The lowest BCUT2D eigenvalue weighted by Gasteiger charge is -2.09. The predicted molar refractivity (Wildman–Crippen MR) is 68.4 cm³/mol. The second kappa shape index (κ2) is 7.82. The van der Waals surface area contributed by atoms with Crippen LogP contribution in [0.2, 0.25) is 0 Å². The Labute approximate surface area is 115 Å². The summed E-state index contributed by atoms with van der Waals surface area (Å²) in [5.41, 5.74) is 0.564. The van der Waals surface area contributed by atoms with Gasteiger partial charge in [-0.1, -0.05) is 6.92 Å². The third-order valence-corrected chi connectivity index (χ3v) is 2.37. The van der Waals surface area contributed by atoms with Crippen LogP contribution in [0, 0.1) is 5.92 Å². The summed E-state index contributed by atoms with van der Waals surface area (Å²) in [4.78, 5) is 33.3. The maximum absolute atomic E-state index is 11.5. The highest BCUT2D eigenvalue weighted by molar-refractivity contribution is 5.94. The predicted octanol–water partition coefficient (Wildman–Crippen LogP) is 0.303. The largest absolute Gasteiger partial charge is 0.481 e. The Bertz CT molecular complexity index is 478. The molecule has 108 valence electrons. The molecular formula is C12H16N4O4. The van der Waals surface area contributed by atoms with Gasteiger partial charge in [-0.2, -0.15) is 10.2 Å². The van der Waals surface area contributed by atoms with Gasteiger partial charge in [-0.25, -0.2) is 4.79 Å². The zero-order valence-corrected chi connectivity index (χ0v) is 11.0. The number of imide groups is 1. The van der Waals surface area contributed by atoms with Gasteiger partial charge in [0.1, 0.15) is 0 Å². The van der Waals surface area contributed by atoms with Crippen molar-refractivity contribution in [3.8, 4) is 0 Å². The number of nitrogens with zero attached hydrogens (tertiary/aromatic N) is 2. The number of carboxylic acid groups (broad SMARTS) is 1. The summed E-state index contributed by atoms with van der Waals surface area (Å²) >= 11 is 0. The van der Waals surface area contributed by atoms with E-state index in [-0.39, 0.29) is 25.3 Å². The average Bonchev–Trinajstić information content (AvgIpc) is 2.36. The fourth-order valence-corrected chi connectivity index (χ4v) is 1.51. The Morgan fingerprint density at radius 2 is 2.10 bits per heavy atom. The number of aliphatic carboxylic acids is 1. The molecule has 0 aliphatic rings. The van der Waals surface area contributed by atoms with Crippen LogP contribution in [0.15, 0.2) is 18.3 Å². The van der Waals surface area contributed by atoms with Crippen LogP contribution in [0.1, 0.15) is 25.5 Å². The van der Waals surface area contributed by atoms with E-state index in [2.05, 4.69) is 20.8 Å². The molecule has 3 amide bonds. The van der Waals surface area contributed by atoms with Gasteiger partial charge in [0.2, 0.25) is 5.91 Å². The Morgan fingerprint density at radius 3 is 2.70 bits per heavy atom. The van der Waals surface area contributed by atoms with Crippen LogP contribution >= 0.6 is 0 Å². The summed E-state index contributed by atoms with van der Waals surface area (Å²) in [6, 6.07) is 2.72. The zero-order chi connectivity index (χ0) is 15.0. The lowest BCUT2D eigenvalue weighted by Crippen LogP contribution is -2.39. The van der Waals surface area contributed by atoms with Crippen molar-refractivity contribution in [3.63, 3.8) is 0 Å². The molecule has 0 saturated heterocycles. The van der Waals surface area contributed by atoms with Crippen molar-refractivity contribution in [2.45, 2.75) is 26.3 Å². The van der Waals surface area contributed by atoms with Crippen molar-refractivity contribution in [1.82, 2.24) is 20.8 Å². The molecule has 0 saturated carbocycles. The maximum atomic E-state index is 11.5. The first kappa shape index (κ1) is 15.5. The molecule has 0 aliphatic carbocycles. The first-order valence-electron chi connectivity index (χ1n) is 6.03. The summed E-state index contributed by atoms with van der Waals surface area (Å²) in [5, 5.41) is 20.6. The third-order valence-electron chi connectivity index (χ3n) is 2.37. The molecule has 1 aromatic heterocycles. The molecule has 0 aromatic carbocycles. The number of amides is 3. The van der Waals surface area contributed by atoms with Crippen LogP contribution in [0.5, 0.6) is 0 Å². The van der Waals surface area contributed by atoms with Crippen molar-refractivity contribution in [1.29, 1.82) is 0 Å². The normalized spacial score (nSPS) is 11.4. The number of hydrogen-bond acceptors (Lipinski definition) is 5. The van der Waals surface area contributed by atoms with Crippen molar-refractivity contribution in [2.75, 3.05) is 0 Å². The van der Waals surface area contributed by atoms with E-state index in [1.165, 1.54) is 6.20 Å². The van der Waals surface area contributed by atoms with E-state index in [0.29, 0.717) is 5.69 Å². The van der Waals surface area contributed by atoms with E-state index in [1.54, 1.807) is 19.1 Å². The third kappa shape index (κ3) is 6.43. The molecule has 0 spiro atoms. The average molecular weight is 280 g/mol. The van der Waals surface area contributed by atoms with Gasteiger partial charge in [-0.05, 0) is 18.1 Å². The highest BCUT2D eigenvalue weighted by atomic mass is 16.4. The lowest BCUT2D eigenvalue weighted by atomic mass is 10.0. The van der Waals surface area contributed by atoms with Crippen LogP contribution in [-0.4, -0.2) is 33.2 Å². The van der Waals surface area contributed by atoms with E-state index in [0.717, 1.165) is 0 Å². The monoisotopic (exact) mass is 280 g/mol. The SMILES string of the molecule is CC(CC(=O)O)CC(=O)NC(=O)NCc1cccnn1. The minimum atomic E-state index is -0.975. The molecule has 1 aromatic rings. The molecule has 1 atom stereocenters. The van der Waals surface area contributed by atoms with Gasteiger partial charge < -0.3 is 10.4 Å². The fourth-order valence-electron chi connectivity index (χ4n) is 1.51. The molecule has 8 nitrogen and oxygen atoms in total. The number of carbonyl (C=O) groups is 3. The lowest BCUT2D eigenvalue weighted by molar-refractivity contribution is -0.138. The molecule has 0 bridgehead atoms. The van der Waals surface area contributed by atoms with Crippen LogP contribution in [0.3, 0.4) is 0 Å². The summed E-state index contributed by atoms with van der Waals surface area (Å²) in [6.45, 7) is 1.78. The van der Waals surface area contributed by atoms with E-state index in [4.69, 9.17) is 5.11 Å². The topological polar surface area (TPSA) is 121 Å². The Morgan fingerprint density at radius 1 is 1.35 bits per heavy atom. The number of nitrogens with one attached hydrogen (secondary N) is 2. The van der Waals surface area contributed by atoms with Crippen LogP contribution in [0.4, 0.5) is 4.79 Å². The first-order valence-corrected chi connectivity index (χ1v) is 6.03. The van der Waals surface area contributed by atoms with E-state index in [1.807, 2.05) is 0 Å². The van der Waals surface area contributed by atoms with Crippen molar-refractivity contribution < 1.29 is 19.5 Å².